The Bertz CT molecular complexity index is 1190. The van der Waals surface area contributed by atoms with E-state index in [9.17, 15) is 4.79 Å². The highest BCUT2D eigenvalue weighted by Gasteiger charge is 2.30. The molecule has 36 heavy (non-hydrogen) atoms. The Morgan fingerprint density at radius 1 is 1.22 bits per heavy atom. The molecule has 5 rings (SSSR count). The monoisotopic (exact) mass is 493 g/mol. The fourth-order valence-corrected chi connectivity index (χ4v) is 5.78. The Labute approximate surface area is 212 Å². The van der Waals surface area contributed by atoms with Gasteiger partial charge in [-0.15, -0.1) is 5.10 Å². The van der Waals surface area contributed by atoms with Crippen molar-refractivity contribution in [1.82, 2.24) is 35.0 Å². The summed E-state index contributed by atoms with van der Waals surface area (Å²) in [5.74, 6) is 0.943. The number of nitrogens with zero attached hydrogens (tertiary/aromatic N) is 6. The molecule has 2 aromatic heterocycles. The number of hydrogen-bond acceptors (Lipinski definition) is 7. The predicted octanol–water partition coefficient (Wildman–Crippen LogP) is 3.61. The van der Waals surface area contributed by atoms with E-state index in [-0.39, 0.29) is 11.6 Å². The molecule has 2 aliphatic rings. The summed E-state index contributed by atoms with van der Waals surface area (Å²) in [6.45, 7) is 10.0. The lowest BCUT2D eigenvalue weighted by molar-refractivity contribution is 0.0288. The maximum absolute atomic E-state index is 13.2. The molecule has 1 saturated carbocycles. The van der Waals surface area contributed by atoms with Crippen molar-refractivity contribution in [3.63, 3.8) is 0 Å². The zero-order chi connectivity index (χ0) is 24.9. The SMILES string of the molecule is CCC[C@H](c1nnnn1C1CCCC1)N(CCN1CCOCC1)Cc1cc2cccc(C)c2[nH]c1=O. The van der Waals surface area contributed by atoms with Crippen LogP contribution < -0.4 is 5.56 Å². The fraction of sp³-hybridized carbons (Fsp3) is 0.630. The quantitative estimate of drug-likeness (QED) is 0.461. The van der Waals surface area contributed by atoms with Crippen molar-refractivity contribution >= 4 is 10.9 Å². The Morgan fingerprint density at radius 3 is 2.81 bits per heavy atom. The van der Waals surface area contributed by atoms with Crippen LogP contribution in [0, 0.1) is 6.92 Å². The Hall–Kier alpha value is -2.62. The molecule has 0 amide bonds. The molecule has 1 aliphatic heterocycles. The molecule has 9 heteroatoms. The van der Waals surface area contributed by atoms with Crippen molar-refractivity contribution < 1.29 is 4.74 Å². The van der Waals surface area contributed by atoms with Crippen LogP contribution in [0.4, 0.5) is 0 Å². The number of pyridine rings is 1. The van der Waals surface area contributed by atoms with Crippen molar-refractivity contribution in [2.45, 2.75) is 71.0 Å². The summed E-state index contributed by atoms with van der Waals surface area (Å²) in [6.07, 6.45) is 6.69. The molecule has 3 aromatic rings. The van der Waals surface area contributed by atoms with E-state index < -0.39 is 0 Å². The van der Waals surface area contributed by atoms with Crippen LogP contribution in [0.25, 0.3) is 10.9 Å². The van der Waals surface area contributed by atoms with Gasteiger partial charge >= 0.3 is 0 Å². The van der Waals surface area contributed by atoms with Crippen LogP contribution >= 0.6 is 0 Å². The summed E-state index contributed by atoms with van der Waals surface area (Å²) in [5.41, 5.74) is 2.77. The van der Waals surface area contributed by atoms with E-state index in [2.05, 4.69) is 54.0 Å². The van der Waals surface area contributed by atoms with E-state index in [0.717, 1.165) is 92.9 Å². The van der Waals surface area contributed by atoms with Gasteiger partial charge < -0.3 is 9.72 Å². The standard InChI is InChI=1S/C27H39N7O2/c1-3-7-24(26-29-30-31-34(26)23-10-4-5-11-23)33(13-12-32-14-16-36-17-15-32)19-22-18-21-9-6-8-20(2)25(21)28-27(22)35/h6,8-9,18,23-24H,3-5,7,10-17,19H2,1-2H3,(H,28,35)/t24-/m1/s1. The zero-order valence-electron chi connectivity index (χ0n) is 21.7. The van der Waals surface area contributed by atoms with Gasteiger partial charge in [0, 0.05) is 38.3 Å². The Kier molecular flexibility index (Phi) is 8.09. The van der Waals surface area contributed by atoms with E-state index in [1.807, 2.05) is 19.1 Å². The van der Waals surface area contributed by atoms with Gasteiger partial charge in [-0.1, -0.05) is 44.4 Å². The lowest BCUT2D eigenvalue weighted by atomic mass is 10.1. The molecular weight excluding hydrogens is 454 g/mol. The molecule has 1 aromatic carbocycles. The van der Waals surface area contributed by atoms with Crippen LogP contribution in [0.5, 0.6) is 0 Å². The first kappa shape index (κ1) is 25.0. The highest BCUT2D eigenvalue weighted by molar-refractivity contribution is 5.81. The number of aromatic amines is 1. The first-order valence-electron chi connectivity index (χ1n) is 13.6. The van der Waals surface area contributed by atoms with Gasteiger partial charge in [0.1, 0.15) is 0 Å². The van der Waals surface area contributed by atoms with Gasteiger partial charge in [0.2, 0.25) is 0 Å². The number of nitrogens with one attached hydrogen (secondary N) is 1. The second-order valence-electron chi connectivity index (χ2n) is 10.3. The van der Waals surface area contributed by atoms with Crippen LogP contribution in [-0.2, 0) is 11.3 Å². The van der Waals surface area contributed by atoms with Gasteiger partial charge in [-0.2, -0.15) is 0 Å². The van der Waals surface area contributed by atoms with Gasteiger partial charge in [-0.3, -0.25) is 14.6 Å². The second kappa shape index (κ2) is 11.6. The molecule has 1 saturated heterocycles. The number of benzene rings is 1. The fourth-order valence-electron chi connectivity index (χ4n) is 5.78. The molecule has 0 unspecified atom stereocenters. The number of tetrazole rings is 1. The van der Waals surface area contributed by atoms with Gasteiger partial charge in [0.15, 0.2) is 5.82 Å². The number of ether oxygens (including phenoxy) is 1. The average Bonchev–Trinajstić information content (AvgIpc) is 3.59. The van der Waals surface area contributed by atoms with Crippen LogP contribution in [0.1, 0.15) is 74.5 Å². The third kappa shape index (κ3) is 5.53. The molecule has 3 heterocycles. The number of H-pyrrole nitrogens is 1. The van der Waals surface area contributed by atoms with E-state index in [1.165, 1.54) is 12.8 Å². The third-order valence-electron chi connectivity index (χ3n) is 7.84. The molecule has 9 nitrogen and oxygen atoms in total. The highest BCUT2D eigenvalue weighted by atomic mass is 16.5. The topological polar surface area (TPSA) is 92.2 Å². The summed E-state index contributed by atoms with van der Waals surface area (Å²) in [6, 6.07) is 8.65. The van der Waals surface area contributed by atoms with Gasteiger partial charge in [-0.05, 0) is 53.6 Å². The molecule has 0 spiro atoms. The first-order chi connectivity index (χ1) is 17.6. The van der Waals surface area contributed by atoms with Crippen molar-refractivity contribution in [2.24, 2.45) is 0 Å². The van der Waals surface area contributed by atoms with Crippen molar-refractivity contribution in [1.29, 1.82) is 0 Å². The molecule has 0 radical (unpaired) electrons. The van der Waals surface area contributed by atoms with Crippen molar-refractivity contribution in [2.75, 3.05) is 39.4 Å². The van der Waals surface area contributed by atoms with Crippen LogP contribution in [0.3, 0.4) is 0 Å². The molecule has 1 N–H and O–H groups in total. The van der Waals surface area contributed by atoms with Gasteiger partial charge in [0.05, 0.1) is 30.8 Å². The maximum atomic E-state index is 13.2. The first-order valence-corrected chi connectivity index (χ1v) is 13.6. The van der Waals surface area contributed by atoms with Crippen LogP contribution in [0.15, 0.2) is 29.1 Å². The van der Waals surface area contributed by atoms with E-state index in [0.29, 0.717) is 12.6 Å². The molecule has 1 atom stereocenters. The third-order valence-corrected chi connectivity index (χ3v) is 7.84. The summed E-state index contributed by atoms with van der Waals surface area (Å²) in [4.78, 5) is 21.2. The summed E-state index contributed by atoms with van der Waals surface area (Å²) >= 11 is 0. The lowest BCUT2D eigenvalue weighted by Crippen LogP contribution is -2.43. The largest absolute Gasteiger partial charge is 0.379 e. The number of aromatic nitrogens is 5. The summed E-state index contributed by atoms with van der Waals surface area (Å²) < 4.78 is 7.64. The molecule has 194 valence electrons. The summed E-state index contributed by atoms with van der Waals surface area (Å²) in [5, 5.41) is 14.2. The number of rotatable bonds is 10. The minimum atomic E-state index is -0.0150. The van der Waals surface area contributed by atoms with Crippen LogP contribution in [-0.4, -0.2) is 74.4 Å². The van der Waals surface area contributed by atoms with Gasteiger partial charge in [-0.25, -0.2) is 4.68 Å². The van der Waals surface area contributed by atoms with Crippen molar-refractivity contribution in [3.8, 4) is 0 Å². The zero-order valence-corrected chi connectivity index (χ0v) is 21.7. The van der Waals surface area contributed by atoms with E-state index >= 15 is 0 Å². The lowest BCUT2D eigenvalue weighted by Gasteiger charge is -2.34. The minimum Gasteiger partial charge on any atom is -0.379 e. The number of hydrogen-bond donors (Lipinski definition) is 1. The van der Waals surface area contributed by atoms with Gasteiger partial charge in [0.25, 0.3) is 5.56 Å². The number of fused-ring (bicyclic) bond motifs is 1. The highest BCUT2D eigenvalue weighted by Crippen LogP contribution is 2.33. The average molecular weight is 494 g/mol. The summed E-state index contributed by atoms with van der Waals surface area (Å²) in [7, 11) is 0. The minimum absolute atomic E-state index is 0.0150. The van der Waals surface area contributed by atoms with E-state index in [4.69, 9.17) is 4.74 Å². The Balaban J connectivity index is 1.47. The Morgan fingerprint density at radius 2 is 2.03 bits per heavy atom. The number of aryl methyl sites for hydroxylation is 1. The molecule has 0 bridgehead atoms. The van der Waals surface area contributed by atoms with E-state index in [1.54, 1.807) is 0 Å². The molecule has 1 aliphatic carbocycles. The number of morpholine rings is 1. The number of para-hydroxylation sites is 1. The smallest absolute Gasteiger partial charge is 0.252 e. The molecular formula is C27H39N7O2. The molecule has 2 fully saturated rings. The van der Waals surface area contributed by atoms with Crippen molar-refractivity contribution in [3.05, 3.63) is 51.6 Å². The second-order valence-corrected chi connectivity index (χ2v) is 10.3. The normalized spacial score (nSPS) is 18.4. The maximum Gasteiger partial charge on any atom is 0.252 e. The predicted molar refractivity (Wildman–Crippen MR) is 140 cm³/mol. The van der Waals surface area contributed by atoms with Crippen LogP contribution in [0.2, 0.25) is 0 Å².